The first-order valence-corrected chi connectivity index (χ1v) is 7.23. The highest BCUT2D eigenvalue weighted by molar-refractivity contribution is 9.10. The van der Waals surface area contributed by atoms with E-state index in [4.69, 9.17) is 5.84 Å². The van der Waals surface area contributed by atoms with Gasteiger partial charge in [-0.3, -0.25) is 11.3 Å². The van der Waals surface area contributed by atoms with Crippen LogP contribution in [0.3, 0.4) is 0 Å². The van der Waals surface area contributed by atoms with E-state index in [1.54, 1.807) is 0 Å². The number of benzene rings is 2. The van der Waals surface area contributed by atoms with E-state index in [-0.39, 0.29) is 6.04 Å². The SMILES string of the molecule is Cc1ccccc1CC(Cc1ccc(Br)cc1)NN. The Balaban J connectivity index is 2.05. The first-order valence-electron chi connectivity index (χ1n) is 6.44. The maximum atomic E-state index is 5.69. The molecule has 1 atom stereocenters. The van der Waals surface area contributed by atoms with Gasteiger partial charge in [-0.25, -0.2) is 0 Å². The first-order chi connectivity index (χ1) is 9.19. The van der Waals surface area contributed by atoms with Crippen molar-refractivity contribution in [3.63, 3.8) is 0 Å². The van der Waals surface area contributed by atoms with Crippen molar-refractivity contribution in [3.8, 4) is 0 Å². The van der Waals surface area contributed by atoms with E-state index >= 15 is 0 Å². The Labute approximate surface area is 123 Å². The summed E-state index contributed by atoms with van der Waals surface area (Å²) in [4.78, 5) is 0. The summed E-state index contributed by atoms with van der Waals surface area (Å²) >= 11 is 3.45. The molecule has 0 heterocycles. The summed E-state index contributed by atoms with van der Waals surface area (Å²) in [5.74, 6) is 5.69. The molecule has 0 bridgehead atoms. The molecule has 1 unspecified atom stereocenters. The van der Waals surface area contributed by atoms with Crippen LogP contribution < -0.4 is 11.3 Å². The van der Waals surface area contributed by atoms with E-state index < -0.39 is 0 Å². The molecular weight excluding hydrogens is 300 g/mol. The van der Waals surface area contributed by atoms with Crippen LogP contribution in [0.5, 0.6) is 0 Å². The predicted molar refractivity (Wildman–Crippen MR) is 83.8 cm³/mol. The Morgan fingerprint density at radius 2 is 1.74 bits per heavy atom. The third kappa shape index (κ3) is 4.16. The second-order valence-corrected chi connectivity index (χ2v) is 5.74. The molecule has 2 aromatic carbocycles. The summed E-state index contributed by atoms with van der Waals surface area (Å²) in [6.45, 7) is 2.14. The molecule has 3 N–H and O–H groups in total. The van der Waals surface area contributed by atoms with E-state index in [0.29, 0.717) is 0 Å². The Morgan fingerprint density at radius 1 is 1.05 bits per heavy atom. The van der Waals surface area contributed by atoms with Gasteiger partial charge in [0.1, 0.15) is 0 Å². The molecule has 0 radical (unpaired) electrons. The molecule has 100 valence electrons. The van der Waals surface area contributed by atoms with E-state index in [9.17, 15) is 0 Å². The zero-order chi connectivity index (χ0) is 13.7. The number of nitrogens with two attached hydrogens (primary N) is 1. The second-order valence-electron chi connectivity index (χ2n) is 4.82. The number of rotatable bonds is 5. The van der Waals surface area contributed by atoms with Crippen molar-refractivity contribution in [3.05, 3.63) is 69.7 Å². The molecule has 0 aliphatic rings. The van der Waals surface area contributed by atoms with E-state index in [1.807, 2.05) is 0 Å². The number of hydrogen-bond donors (Lipinski definition) is 2. The quantitative estimate of drug-likeness (QED) is 0.655. The van der Waals surface area contributed by atoms with Crippen molar-refractivity contribution >= 4 is 15.9 Å². The summed E-state index contributed by atoms with van der Waals surface area (Å²) in [5, 5.41) is 0. The number of nitrogens with one attached hydrogen (secondary N) is 1. The van der Waals surface area contributed by atoms with Crippen molar-refractivity contribution < 1.29 is 0 Å². The lowest BCUT2D eigenvalue weighted by molar-refractivity contribution is 0.521. The lowest BCUT2D eigenvalue weighted by atomic mass is 9.97. The fraction of sp³-hybridized carbons (Fsp3) is 0.250. The third-order valence-electron chi connectivity index (χ3n) is 3.36. The molecule has 2 rings (SSSR count). The Kier molecular flexibility index (Phi) is 5.14. The van der Waals surface area contributed by atoms with Crippen molar-refractivity contribution in [1.29, 1.82) is 0 Å². The molecule has 0 spiro atoms. The number of aryl methyl sites for hydroxylation is 1. The fourth-order valence-corrected chi connectivity index (χ4v) is 2.46. The molecule has 0 saturated carbocycles. The third-order valence-corrected chi connectivity index (χ3v) is 3.89. The monoisotopic (exact) mass is 318 g/mol. The summed E-state index contributed by atoms with van der Waals surface area (Å²) < 4.78 is 1.10. The molecule has 0 saturated heterocycles. The first kappa shape index (κ1) is 14.3. The van der Waals surface area contributed by atoms with Gasteiger partial charge in [-0.1, -0.05) is 52.3 Å². The zero-order valence-corrected chi connectivity index (χ0v) is 12.7. The summed E-state index contributed by atoms with van der Waals surface area (Å²) in [7, 11) is 0. The van der Waals surface area contributed by atoms with Crippen molar-refractivity contribution in [1.82, 2.24) is 5.43 Å². The number of hydrogen-bond acceptors (Lipinski definition) is 2. The molecule has 0 aliphatic heterocycles. The van der Waals surface area contributed by atoms with Gasteiger partial charge in [0, 0.05) is 10.5 Å². The van der Waals surface area contributed by atoms with E-state index in [2.05, 4.69) is 76.8 Å². The topological polar surface area (TPSA) is 38.0 Å². The van der Waals surface area contributed by atoms with E-state index in [0.717, 1.165) is 17.3 Å². The minimum Gasteiger partial charge on any atom is -0.271 e. The molecule has 19 heavy (non-hydrogen) atoms. The van der Waals surface area contributed by atoms with Crippen LogP contribution in [-0.2, 0) is 12.8 Å². The largest absolute Gasteiger partial charge is 0.271 e. The minimum absolute atomic E-state index is 0.252. The van der Waals surface area contributed by atoms with Gasteiger partial charge < -0.3 is 0 Å². The summed E-state index contributed by atoms with van der Waals surface area (Å²) in [6, 6.07) is 17.1. The molecule has 2 aromatic rings. The Bertz CT molecular complexity index is 523. The van der Waals surface area contributed by atoms with Crippen molar-refractivity contribution in [2.75, 3.05) is 0 Å². The van der Waals surface area contributed by atoms with Crippen LogP contribution >= 0.6 is 15.9 Å². The van der Waals surface area contributed by atoms with Crippen LogP contribution in [0.4, 0.5) is 0 Å². The normalized spacial score (nSPS) is 12.4. The maximum absolute atomic E-state index is 5.69. The van der Waals surface area contributed by atoms with Gasteiger partial charge in [0.05, 0.1) is 0 Å². The number of halogens is 1. The van der Waals surface area contributed by atoms with Crippen molar-refractivity contribution in [2.45, 2.75) is 25.8 Å². The molecule has 0 amide bonds. The average molecular weight is 319 g/mol. The molecule has 2 nitrogen and oxygen atoms in total. The van der Waals surface area contributed by atoms with Gasteiger partial charge in [0.2, 0.25) is 0 Å². The van der Waals surface area contributed by atoms with Crippen molar-refractivity contribution in [2.24, 2.45) is 5.84 Å². The van der Waals surface area contributed by atoms with Crippen LogP contribution in [0.2, 0.25) is 0 Å². The second kappa shape index (κ2) is 6.85. The standard InChI is InChI=1S/C16H19BrN2/c1-12-4-2-3-5-14(12)11-16(19-18)10-13-6-8-15(17)9-7-13/h2-9,16,19H,10-11,18H2,1H3. The highest BCUT2D eigenvalue weighted by Gasteiger charge is 2.10. The molecule has 0 aromatic heterocycles. The number of hydrazine groups is 1. The highest BCUT2D eigenvalue weighted by Crippen LogP contribution is 2.15. The summed E-state index contributed by atoms with van der Waals surface area (Å²) in [5.41, 5.74) is 6.89. The zero-order valence-electron chi connectivity index (χ0n) is 11.1. The molecule has 0 aliphatic carbocycles. The van der Waals surface area contributed by atoms with Gasteiger partial charge >= 0.3 is 0 Å². The fourth-order valence-electron chi connectivity index (χ4n) is 2.20. The Hall–Kier alpha value is -1.16. The van der Waals surface area contributed by atoms with Crippen LogP contribution in [-0.4, -0.2) is 6.04 Å². The van der Waals surface area contributed by atoms with Gasteiger partial charge in [0.15, 0.2) is 0 Å². The maximum Gasteiger partial charge on any atom is 0.0291 e. The van der Waals surface area contributed by atoms with Gasteiger partial charge in [-0.05, 0) is 48.6 Å². The van der Waals surface area contributed by atoms with Crippen LogP contribution in [0.1, 0.15) is 16.7 Å². The summed E-state index contributed by atoms with van der Waals surface area (Å²) in [6.07, 6.45) is 1.87. The minimum atomic E-state index is 0.252. The van der Waals surface area contributed by atoms with Crippen LogP contribution in [0.15, 0.2) is 53.0 Å². The smallest absolute Gasteiger partial charge is 0.0291 e. The molecule has 0 fully saturated rings. The van der Waals surface area contributed by atoms with Crippen LogP contribution in [0.25, 0.3) is 0 Å². The molecule has 3 heteroatoms. The average Bonchev–Trinajstić information content (AvgIpc) is 2.43. The van der Waals surface area contributed by atoms with Crippen LogP contribution in [0, 0.1) is 6.92 Å². The molecular formula is C16H19BrN2. The lowest BCUT2D eigenvalue weighted by Gasteiger charge is -2.17. The van der Waals surface area contributed by atoms with Gasteiger partial charge in [-0.15, -0.1) is 0 Å². The Morgan fingerprint density at radius 3 is 2.37 bits per heavy atom. The van der Waals surface area contributed by atoms with E-state index in [1.165, 1.54) is 16.7 Å². The highest BCUT2D eigenvalue weighted by atomic mass is 79.9. The van der Waals surface area contributed by atoms with Gasteiger partial charge in [0.25, 0.3) is 0 Å². The predicted octanol–water partition coefficient (Wildman–Crippen LogP) is 3.37. The lowest BCUT2D eigenvalue weighted by Crippen LogP contribution is -2.38. The van der Waals surface area contributed by atoms with Gasteiger partial charge in [-0.2, -0.15) is 0 Å².